The topological polar surface area (TPSA) is 63.3 Å². The Morgan fingerprint density at radius 3 is 2.21 bits per heavy atom. The lowest BCUT2D eigenvalue weighted by atomic mass is 9.77. The zero-order chi connectivity index (χ0) is 10.7. The van der Waals surface area contributed by atoms with Crippen LogP contribution < -0.4 is 5.73 Å². The summed E-state index contributed by atoms with van der Waals surface area (Å²) in [4.78, 5) is 10.9. The first-order valence-corrected chi connectivity index (χ1v) is 5.52. The van der Waals surface area contributed by atoms with Gasteiger partial charge in [0, 0.05) is 0 Å². The van der Waals surface area contributed by atoms with Crippen LogP contribution in [0.4, 0.5) is 0 Å². The van der Waals surface area contributed by atoms with Crippen LogP contribution in [0.3, 0.4) is 0 Å². The van der Waals surface area contributed by atoms with Gasteiger partial charge in [-0.05, 0) is 17.8 Å². The molecule has 1 unspecified atom stereocenters. The molecule has 1 rings (SSSR count). The van der Waals surface area contributed by atoms with Gasteiger partial charge in [-0.15, -0.1) is 0 Å². The molecule has 3 heteroatoms. The molecule has 2 atom stereocenters. The smallest absolute Gasteiger partial charge is 0.320 e. The van der Waals surface area contributed by atoms with Gasteiger partial charge in [-0.2, -0.15) is 0 Å². The first-order chi connectivity index (χ1) is 6.54. The molecule has 14 heavy (non-hydrogen) atoms. The van der Waals surface area contributed by atoms with Crippen molar-refractivity contribution in [1.82, 2.24) is 0 Å². The average molecular weight is 199 g/mol. The summed E-state index contributed by atoms with van der Waals surface area (Å²) in [5.41, 5.74) is 5.74. The van der Waals surface area contributed by atoms with Gasteiger partial charge >= 0.3 is 5.97 Å². The van der Waals surface area contributed by atoms with Gasteiger partial charge in [0.25, 0.3) is 0 Å². The van der Waals surface area contributed by atoms with Crippen molar-refractivity contribution in [1.29, 1.82) is 0 Å². The molecule has 1 aliphatic rings. The third-order valence-corrected chi connectivity index (χ3v) is 3.41. The predicted molar refractivity (Wildman–Crippen MR) is 55.9 cm³/mol. The molecule has 0 saturated heterocycles. The average Bonchev–Trinajstić information content (AvgIpc) is 2.56. The number of hydrogen-bond acceptors (Lipinski definition) is 2. The molecule has 3 N–H and O–H groups in total. The van der Waals surface area contributed by atoms with Gasteiger partial charge in [-0.1, -0.05) is 39.5 Å². The third-order valence-electron chi connectivity index (χ3n) is 3.41. The molecule has 0 aliphatic heterocycles. The van der Waals surface area contributed by atoms with Crippen LogP contribution in [0.25, 0.3) is 0 Å². The molecular formula is C11H21NO2. The maximum atomic E-state index is 10.9. The second-order valence-corrected chi connectivity index (χ2v) is 4.73. The quantitative estimate of drug-likeness (QED) is 0.726. The Labute approximate surface area is 85.7 Å². The molecule has 1 aliphatic carbocycles. The minimum Gasteiger partial charge on any atom is -0.480 e. The Morgan fingerprint density at radius 1 is 1.36 bits per heavy atom. The Kier molecular flexibility index (Phi) is 3.93. The van der Waals surface area contributed by atoms with Crippen LogP contribution in [0.2, 0.25) is 0 Å². The lowest BCUT2D eigenvalue weighted by molar-refractivity contribution is -0.141. The van der Waals surface area contributed by atoms with E-state index in [1.165, 1.54) is 12.8 Å². The van der Waals surface area contributed by atoms with Gasteiger partial charge in [0.15, 0.2) is 0 Å². The largest absolute Gasteiger partial charge is 0.480 e. The van der Waals surface area contributed by atoms with Crippen LogP contribution in [0.15, 0.2) is 0 Å². The fourth-order valence-electron chi connectivity index (χ4n) is 2.76. The van der Waals surface area contributed by atoms with E-state index in [9.17, 15) is 4.79 Å². The number of hydrogen-bond donors (Lipinski definition) is 2. The summed E-state index contributed by atoms with van der Waals surface area (Å²) < 4.78 is 0. The molecule has 3 nitrogen and oxygen atoms in total. The molecule has 1 fully saturated rings. The predicted octanol–water partition coefficient (Wildman–Crippen LogP) is 1.86. The summed E-state index contributed by atoms with van der Waals surface area (Å²) in [6.45, 7) is 4.15. The van der Waals surface area contributed by atoms with Gasteiger partial charge in [0.2, 0.25) is 0 Å². The normalized spacial score (nSPS) is 22.6. The lowest BCUT2D eigenvalue weighted by Crippen LogP contribution is -2.43. The summed E-state index contributed by atoms with van der Waals surface area (Å²) >= 11 is 0. The highest BCUT2D eigenvalue weighted by molar-refractivity contribution is 5.73. The van der Waals surface area contributed by atoms with Crippen molar-refractivity contribution in [2.45, 2.75) is 45.6 Å². The van der Waals surface area contributed by atoms with Gasteiger partial charge in [-0.25, -0.2) is 0 Å². The van der Waals surface area contributed by atoms with Crippen molar-refractivity contribution < 1.29 is 9.90 Å². The molecule has 0 bridgehead atoms. The van der Waals surface area contributed by atoms with Crippen molar-refractivity contribution in [2.75, 3.05) is 0 Å². The summed E-state index contributed by atoms with van der Waals surface area (Å²) in [6.07, 6.45) is 4.79. The second-order valence-electron chi connectivity index (χ2n) is 4.73. The maximum Gasteiger partial charge on any atom is 0.320 e. The van der Waals surface area contributed by atoms with E-state index in [1.807, 2.05) is 0 Å². The van der Waals surface area contributed by atoms with E-state index in [2.05, 4.69) is 13.8 Å². The third kappa shape index (κ3) is 2.47. The van der Waals surface area contributed by atoms with Crippen LogP contribution in [0, 0.1) is 17.8 Å². The number of carboxylic acid groups (broad SMARTS) is 1. The van der Waals surface area contributed by atoms with Crippen molar-refractivity contribution in [3.63, 3.8) is 0 Å². The summed E-state index contributed by atoms with van der Waals surface area (Å²) in [6, 6.07) is -0.682. The number of carbonyl (C=O) groups is 1. The highest BCUT2D eigenvalue weighted by Crippen LogP contribution is 2.36. The second kappa shape index (κ2) is 4.78. The molecule has 1 saturated carbocycles. The standard InChI is InChI=1S/C11H21NO2/c1-7(2)9(10(12)11(13)14)8-5-3-4-6-8/h7-10H,3-6,12H2,1-2H3,(H,13,14)/t9?,10-/m0/s1. The monoisotopic (exact) mass is 199 g/mol. The first kappa shape index (κ1) is 11.5. The van der Waals surface area contributed by atoms with Crippen molar-refractivity contribution in [3.05, 3.63) is 0 Å². The van der Waals surface area contributed by atoms with E-state index < -0.39 is 12.0 Å². The van der Waals surface area contributed by atoms with E-state index in [0.717, 1.165) is 12.8 Å². The number of rotatable bonds is 4. The number of aliphatic carboxylic acids is 1. The minimum absolute atomic E-state index is 0.148. The summed E-state index contributed by atoms with van der Waals surface area (Å²) in [5, 5.41) is 8.94. The Balaban J connectivity index is 2.67. The Morgan fingerprint density at radius 2 is 1.86 bits per heavy atom. The molecule has 0 aromatic heterocycles. The number of nitrogens with two attached hydrogens (primary N) is 1. The summed E-state index contributed by atoms with van der Waals surface area (Å²) in [7, 11) is 0. The molecule has 82 valence electrons. The Hall–Kier alpha value is -0.570. The molecule has 0 spiro atoms. The minimum atomic E-state index is -0.851. The van der Waals surface area contributed by atoms with E-state index in [-0.39, 0.29) is 5.92 Å². The fourth-order valence-corrected chi connectivity index (χ4v) is 2.76. The molecule has 0 aromatic carbocycles. The highest BCUT2D eigenvalue weighted by atomic mass is 16.4. The molecule has 0 aromatic rings. The van der Waals surface area contributed by atoms with Gasteiger partial charge < -0.3 is 10.8 Å². The number of carboxylic acids is 1. The zero-order valence-electron chi connectivity index (χ0n) is 9.07. The Bertz CT molecular complexity index is 197. The van der Waals surface area contributed by atoms with Crippen LogP contribution in [-0.2, 0) is 4.79 Å². The van der Waals surface area contributed by atoms with E-state index in [4.69, 9.17) is 10.8 Å². The SMILES string of the molecule is CC(C)C(C1CCCC1)[C@H](N)C(=O)O. The molecular weight excluding hydrogens is 178 g/mol. The lowest BCUT2D eigenvalue weighted by Gasteiger charge is -2.30. The van der Waals surface area contributed by atoms with Crippen molar-refractivity contribution in [2.24, 2.45) is 23.5 Å². The zero-order valence-corrected chi connectivity index (χ0v) is 9.07. The molecule has 0 radical (unpaired) electrons. The van der Waals surface area contributed by atoms with Gasteiger partial charge in [0.1, 0.15) is 6.04 Å². The maximum absolute atomic E-state index is 10.9. The van der Waals surface area contributed by atoms with Gasteiger partial charge in [0.05, 0.1) is 0 Å². The van der Waals surface area contributed by atoms with E-state index >= 15 is 0 Å². The van der Waals surface area contributed by atoms with Gasteiger partial charge in [-0.3, -0.25) is 4.79 Å². The van der Waals surface area contributed by atoms with E-state index in [1.54, 1.807) is 0 Å². The van der Waals surface area contributed by atoms with E-state index in [0.29, 0.717) is 11.8 Å². The molecule has 0 amide bonds. The highest BCUT2D eigenvalue weighted by Gasteiger charge is 2.35. The van der Waals surface area contributed by atoms with Crippen LogP contribution >= 0.6 is 0 Å². The van der Waals surface area contributed by atoms with Crippen LogP contribution in [0.1, 0.15) is 39.5 Å². The molecule has 0 heterocycles. The van der Waals surface area contributed by atoms with Crippen LogP contribution in [-0.4, -0.2) is 17.1 Å². The fraction of sp³-hybridized carbons (Fsp3) is 0.909. The van der Waals surface area contributed by atoms with Crippen LogP contribution in [0.5, 0.6) is 0 Å². The first-order valence-electron chi connectivity index (χ1n) is 5.52. The summed E-state index contributed by atoms with van der Waals surface area (Å²) in [5.74, 6) is 0.191. The van der Waals surface area contributed by atoms with Crippen molar-refractivity contribution in [3.8, 4) is 0 Å². The van der Waals surface area contributed by atoms with Crippen molar-refractivity contribution >= 4 is 5.97 Å².